The van der Waals surface area contributed by atoms with Crippen LogP contribution < -0.4 is 5.73 Å². The average Bonchev–Trinajstić information content (AvgIpc) is 3.16. The van der Waals surface area contributed by atoms with Crippen LogP contribution in [0.5, 0.6) is 0 Å². The van der Waals surface area contributed by atoms with Crippen LogP contribution in [0.25, 0.3) is 0 Å². The van der Waals surface area contributed by atoms with Gasteiger partial charge in [0.2, 0.25) is 0 Å². The van der Waals surface area contributed by atoms with Crippen molar-refractivity contribution in [3.8, 4) is 0 Å². The molecule has 0 rings (SSSR count). The van der Waals surface area contributed by atoms with Crippen LogP contribution in [-0.2, 0) is 27.9 Å². The fraction of sp³-hybridized carbons (Fsp3) is 0.889. The molecule has 0 spiro atoms. The van der Waals surface area contributed by atoms with Crippen molar-refractivity contribution in [2.24, 2.45) is 5.73 Å². The van der Waals surface area contributed by atoms with Gasteiger partial charge in [-0.3, -0.25) is 13.8 Å². The van der Waals surface area contributed by atoms with Crippen molar-refractivity contribution in [3.05, 3.63) is 24.5 Å². The monoisotopic (exact) mass is 786 g/mol. The molecule has 8 nitrogen and oxygen atoms in total. The maximum absolute atomic E-state index is 12.6. The van der Waals surface area contributed by atoms with Gasteiger partial charge in [0.1, 0.15) is 6.61 Å². The number of phosphoric acid groups is 1. The highest BCUT2D eigenvalue weighted by molar-refractivity contribution is 7.47. The van der Waals surface area contributed by atoms with Crippen molar-refractivity contribution in [2.75, 3.05) is 26.4 Å². The Balaban J connectivity index is 4.02. The Morgan fingerprint density at radius 2 is 0.944 bits per heavy atom. The van der Waals surface area contributed by atoms with Crippen LogP contribution in [-0.4, -0.2) is 43.3 Å². The minimum Gasteiger partial charge on any atom is -0.498 e. The Bertz CT molecular complexity index is 884. The molecule has 0 heterocycles. The van der Waals surface area contributed by atoms with Gasteiger partial charge < -0.3 is 20.1 Å². The number of unbranched alkanes of at least 4 members (excludes halogenated alkanes) is 29. The molecule has 320 valence electrons. The smallest absolute Gasteiger partial charge is 0.472 e. The van der Waals surface area contributed by atoms with Crippen molar-refractivity contribution in [3.63, 3.8) is 0 Å². The Morgan fingerprint density at radius 1 is 0.556 bits per heavy atom. The van der Waals surface area contributed by atoms with Crippen LogP contribution in [0.2, 0.25) is 0 Å². The molecule has 9 heteroatoms. The standard InChI is InChI=1S/C45H88NO7P/c1-3-5-7-9-11-13-15-17-19-21-22-23-24-26-28-30-32-34-36-38-45(47)53-44(43-52-54(48,49)51-41-39-46)42-50-40-37-35-33-31-29-27-25-20-18-16-14-12-10-8-6-4-2/h17,19,37,40,44H,3-16,18,20-36,38-39,41-43,46H2,1-2H3,(H,48,49)/b19-17-,40-37-/t44-/m1/s1. The van der Waals surface area contributed by atoms with Crippen LogP contribution >= 0.6 is 7.82 Å². The number of rotatable bonds is 44. The third kappa shape index (κ3) is 42.0. The summed E-state index contributed by atoms with van der Waals surface area (Å²) in [6.07, 6.45) is 48.6. The largest absolute Gasteiger partial charge is 0.498 e. The van der Waals surface area contributed by atoms with Gasteiger partial charge in [0, 0.05) is 13.0 Å². The first-order chi connectivity index (χ1) is 26.4. The second-order valence-corrected chi connectivity index (χ2v) is 16.8. The summed E-state index contributed by atoms with van der Waals surface area (Å²) in [5, 5.41) is 0. The Labute approximate surface area is 334 Å². The third-order valence-electron chi connectivity index (χ3n) is 9.94. The van der Waals surface area contributed by atoms with Gasteiger partial charge in [-0.05, 0) is 51.0 Å². The zero-order valence-corrected chi connectivity index (χ0v) is 36.4. The normalized spacial score (nSPS) is 13.6. The minimum atomic E-state index is -4.29. The van der Waals surface area contributed by atoms with Gasteiger partial charge in [0.25, 0.3) is 0 Å². The van der Waals surface area contributed by atoms with Gasteiger partial charge in [-0.2, -0.15) is 0 Å². The quantitative estimate of drug-likeness (QED) is 0.0206. The van der Waals surface area contributed by atoms with Crippen molar-refractivity contribution in [1.82, 2.24) is 0 Å². The van der Waals surface area contributed by atoms with Gasteiger partial charge >= 0.3 is 13.8 Å². The highest BCUT2D eigenvalue weighted by Crippen LogP contribution is 2.43. The zero-order valence-electron chi connectivity index (χ0n) is 35.5. The SMILES string of the molecule is CCCCCCCC/C=C\CCCCCCCCCCCC(=O)O[C@H](CO/C=C\CCCCCCCCCCCCCCCC)COP(=O)(O)OCCN. The van der Waals surface area contributed by atoms with E-state index in [4.69, 9.17) is 24.3 Å². The van der Waals surface area contributed by atoms with Crippen LogP contribution in [0.3, 0.4) is 0 Å². The number of allylic oxidation sites excluding steroid dienone is 3. The Kier molecular flexibility index (Phi) is 42.0. The maximum Gasteiger partial charge on any atom is 0.472 e. The van der Waals surface area contributed by atoms with Gasteiger partial charge in [-0.25, -0.2) is 4.57 Å². The summed E-state index contributed by atoms with van der Waals surface area (Å²) in [5.74, 6) is -0.352. The van der Waals surface area contributed by atoms with Crippen LogP contribution in [0.4, 0.5) is 0 Å². The van der Waals surface area contributed by atoms with Crippen LogP contribution in [0.15, 0.2) is 24.5 Å². The molecule has 54 heavy (non-hydrogen) atoms. The first kappa shape index (κ1) is 52.8. The number of carbonyl (C=O) groups excluding carboxylic acids is 1. The average molecular weight is 786 g/mol. The van der Waals surface area contributed by atoms with Crippen LogP contribution in [0, 0.1) is 0 Å². The summed E-state index contributed by atoms with van der Waals surface area (Å²) >= 11 is 0. The summed E-state index contributed by atoms with van der Waals surface area (Å²) in [7, 11) is -4.29. The number of carbonyl (C=O) groups is 1. The fourth-order valence-electron chi connectivity index (χ4n) is 6.55. The molecule has 0 aliphatic rings. The number of esters is 1. The zero-order chi connectivity index (χ0) is 39.5. The highest BCUT2D eigenvalue weighted by atomic mass is 31.2. The molecule has 0 amide bonds. The lowest BCUT2D eigenvalue weighted by Crippen LogP contribution is -2.27. The molecule has 1 unspecified atom stereocenters. The molecule has 0 aliphatic carbocycles. The van der Waals surface area contributed by atoms with E-state index in [1.54, 1.807) is 6.26 Å². The van der Waals surface area contributed by atoms with E-state index in [1.807, 2.05) is 6.08 Å². The van der Waals surface area contributed by atoms with Crippen molar-refractivity contribution >= 4 is 13.8 Å². The van der Waals surface area contributed by atoms with Crippen molar-refractivity contribution < 1.29 is 32.8 Å². The predicted molar refractivity (Wildman–Crippen MR) is 229 cm³/mol. The lowest BCUT2D eigenvalue weighted by atomic mass is 10.0. The van der Waals surface area contributed by atoms with E-state index in [0.717, 1.165) is 32.1 Å². The molecule has 0 aliphatic heterocycles. The van der Waals surface area contributed by atoms with E-state index >= 15 is 0 Å². The second kappa shape index (κ2) is 43.0. The molecule has 0 radical (unpaired) electrons. The predicted octanol–water partition coefficient (Wildman–Crippen LogP) is 14.0. The van der Waals surface area contributed by atoms with E-state index in [0.29, 0.717) is 6.42 Å². The summed E-state index contributed by atoms with van der Waals surface area (Å²) in [4.78, 5) is 22.5. The fourth-order valence-corrected chi connectivity index (χ4v) is 7.31. The maximum atomic E-state index is 12.6. The van der Waals surface area contributed by atoms with Crippen molar-refractivity contribution in [2.45, 2.75) is 232 Å². The topological polar surface area (TPSA) is 117 Å². The van der Waals surface area contributed by atoms with Gasteiger partial charge in [-0.1, -0.05) is 187 Å². The molecule has 3 N–H and O–H groups in total. The molecular formula is C45H88NO7P. The first-order valence-corrected chi connectivity index (χ1v) is 24.4. The lowest BCUT2D eigenvalue weighted by molar-refractivity contribution is -0.153. The molecule has 2 atom stereocenters. The van der Waals surface area contributed by atoms with E-state index in [1.165, 1.54) is 173 Å². The Hall–Kier alpha value is -1.18. The summed E-state index contributed by atoms with van der Waals surface area (Å²) < 4.78 is 33.2. The number of hydrogen-bond donors (Lipinski definition) is 2. The number of phosphoric ester groups is 1. The van der Waals surface area contributed by atoms with Gasteiger partial charge in [-0.15, -0.1) is 0 Å². The van der Waals surface area contributed by atoms with E-state index in [2.05, 4.69) is 26.0 Å². The second-order valence-electron chi connectivity index (χ2n) is 15.3. The van der Waals surface area contributed by atoms with Crippen molar-refractivity contribution in [1.29, 1.82) is 0 Å². The summed E-state index contributed by atoms with van der Waals surface area (Å²) in [6.45, 7) is 4.27. The number of nitrogens with two attached hydrogens (primary N) is 1. The summed E-state index contributed by atoms with van der Waals surface area (Å²) in [5.41, 5.74) is 5.37. The Morgan fingerprint density at radius 3 is 1.37 bits per heavy atom. The van der Waals surface area contributed by atoms with E-state index < -0.39 is 13.9 Å². The lowest BCUT2D eigenvalue weighted by Gasteiger charge is -2.19. The van der Waals surface area contributed by atoms with Crippen LogP contribution in [0.1, 0.15) is 226 Å². The molecule has 0 aromatic carbocycles. The minimum absolute atomic E-state index is 0.0351. The molecule has 0 saturated heterocycles. The summed E-state index contributed by atoms with van der Waals surface area (Å²) in [6, 6.07) is 0. The molecule has 0 saturated carbocycles. The number of hydrogen-bond acceptors (Lipinski definition) is 7. The third-order valence-corrected chi connectivity index (χ3v) is 10.9. The molecule has 0 bridgehead atoms. The first-order valence-electron chi connectivity index (χ1n) is 22.9. The highest BCUT2D eigenvalue weighted by Gasteiger charge is 2.25. The molecule has 0 aromatic heterocycles. The molecule has 0 aromatic rings. The van der Waals surface area contributed by atoms with Gasteiger partial charge in [0.15, 0.2) is 6.10 Å². The van der Waals surface area contributed by atoms with E-state index in [9.17, 15) is 14.3 Å². The number of ether oxygens (including phenoxy) is 2. The van der Waals surface area contributed by atoms with E-state index in [-0.39, 0.29) is 32.3 Å². The molecular weight excluding hydrogens is 697 g/mol. The molecule has 0 fully saturated rings. The van der Waals surface area contributed by atoms with Gasteiger partial charge in [0.05, 0.1) is 19.5 Å².